The molecule has 142 valence electrons. The Kier molecular flexibility index (Phi) is 5.93. The van der Waals surface area contributed by atoms with E-state index in [1.807, 2.05) is 4.98 Å². The van der Waals surface area contributed by atoms with Crippen LogP contribution in [0.25, 0.3) is 0 Å². The first-order valence-corrected chi connectivity index (χ1v) is 7.64. The van der Waals surface area contributed by atoms with Crippen LogP contribution in [0.4, 0.5) is 0 Å². The lowest BCUT2D eigenvalue weighted by Crippen LogP contribution is -2.40. The molecule has 1 saturated heterocycles. The molecule has 2 heterocycles. The predicted molar refractivity (Wildman–Crippen MR) is 83.0 cm³/mol. The molecule has 0 amide bonds. The first-order chi connectivity index (χ1) is 12.2. The number of carbonyl (C=O) groups excluding carboxylic acids is 3. The van der Waals surface area contributed by atoms with Gasteiger partial charge in [-0.05, 0) is 0 Å². The quantitative estimate of drug-likeness (QED) is 0.487. The second kappa shape index (κ2) is 7.95. The first-order valence-electron chi connectivity index (χ1n) is 7.64. The molecule has 1 aromatic rings. The summed E-state index contributed by atoms with van der Waals surface area (Å²) in [5.41, 5.74) is -1.53. The van der Waals surface area contributed by atoms with Crippen molar-refractivity contribution in [3.05, 3.63) is 32.6 Å². The van der Waals surface area contributed by atoms with Crippen LogP contribution >= 0.6 is 0 Å². The maximum Gasteiger partial charge on any atom is 0.325 e. The van der Waals surface area contributed by atoms with Crippen LogP contribution < -0.4 is 11.2 Å². The van der Waals surface area contributed by atoms with E-state index in [4.69, 9.17) is 18.9 Å². The van der Waals surface area contributed by atoms with Crippen LogP contribution in [0.15, 0.2) is 15.8 Å². The van der Waals surface area contributed by atoms with Gasteiger partial charge in [0.25, 0.3) is 5.56 Å². The van der Waals surface area contributed by atoms with Crippen LogP contribution in [0.1, 0.15) is 32.4 Å². The standard InChI is InChI=1S/C15H18N2O9/c1-6(18)23-5-10-12(24-7(2)19)13(25-8(3)20)11(26-10)9-4-16-15(22)17-14(9)21/h4,10-13H,5H2,1-3H3,(H2,16,17,21,22)/t10-,11+,12?,13-/m1/s1. The Morgan fingerprint density at radius 1 is 1.04 bits per heavy atom. The fourth-order valence-electron chi connectivity index (χ4n) is 2.60. The largest absolute Gasteiger partial charge is 0.463 e. The molecule has 0 aromatic carbocycles. The highest BCUT2D eigenvalue weighted by Crippen LogP contribution is 2.36. The van der Waals surface area contributed by atoms with Gasteiger partial charge >= 0.3 is 23.6 Å². The molecule has 2 N–H and O–H groups in total. The number of aromatic amines is 2. The molecule has 1 aliphatic heterocycles. The van der Waals surface area contributed by atoms with Crippen LogP contribution in [0.5, 0.6) is 0 Å². The van der Waals surface area contributed by atoms with Crippen LogP contribution in [-0.2, 0) is 33.3 Å². The third-order valence-corrected chi connectivity index (χ3v) is 3.52. The van der Waals surface area contributed by atoms with Crippen LogP contribution in [0.2, 0.25) is 0 Å². The van der Waals surface area contributed by atoms with E-state index in [1.165, 1.54) is 6.92 Å². The summed E-state index contributed by atoms with van der Waals surface area (Å²) in [6.45, 7) is 3.18. The smallest absolute Gasteiger partial charge is 0.325 e. The minimum Gasteiger partial charge on any atom is -0.463 e. The average Bonchev–Trinajstić information content (AvgIpc) is 2.82. The van der Waals surface area contributed by atoms with Crippen molar-refractivity contribution in [3.8, 4) is 0 Å². The molecule has 0 radical (unpaired) electrons. The number of rotatable bonds is 5. The van der Waals surface area contributed by atoms with Gasteiger partial charge in [-0.2, -0.15) is 0 Å². The minimum absolute atomic E-state index is 0.0432. The van der Waals surface area contributed by atoms with Gasteiger partial charge in [-0.1, -0.05) is 0 Å². The molecule has 1 aromatic heterocycles. The summed E-state index contributed by atoms with van der Waals surface area (Å²) in [6.07, 6.45) is -3.31. The highest BCUT2D eigenvalue weighted by molar-refractivity contribution is 5.68. The maximum atomic E-state index is 12.1. The van der Waals surface area contributed by atoms with Gasteiger partial charge in [0.1, 0.15) is 18.8 Å². The Hall–Kier alpha value is -2.95. The third kappa shape index (κ3) is 4.57. The van der Waals surface area contributed by atoms with E-state index in [-0.39, 0.29) is 12.2 Å². The summed E-state index contributed by atoms with van der Waals surface area (Å²) in [5, 5.41) is 0. The van der Waals surface area contributed by atoms with E-state index in [0.717, 1.165) is 20.0 Å². The molecule has 11 heteroatoms. The molecule has 1 unspecified atom stereocenters. The highest BCUT2D eigenvalue weighted by Gasteiger charge is 2.51. The van der Waals surface area contributed by atoms with Gasteiger partial charge in [-0.15, -0.1) is 0 Å². The minimum atomic E-state index is -1.18. The van der Waals surface area contributed by atoms with Crippen molar-refractivity contribution in [3.63, 3.8) is 0 Å². The van der Waals surface area contributed by atoms with E-state index >= 15 is 0 Å². The normalized spacial score (nSPS) is 24.7. The first kappa shape index (κ1) is 19.4. The van der Waals surface area contributed by atoms with Crippen LogP contribution in [0.3, 0.4) is 0 Å². The molecule has 0 saturated carbocycles. The number of aromatic nitrogens is 2. The second-order valence-electron chi connectivity index (χ2n) is 5.57. The molecule has 1 aliphatic rings. The Morgan fingerprint density at radius 2 is 1.65 bits per heavy atom. The molecule has 1 fully saturated rings. The molecule has 0 spiro atoms. The van der Waals surface area contributed by atoms with Gasteiger partial charge in [-0.3, -0.25) is 24.2 Å². The zero-order valence-electron chi connectivity index (χ0n) is 14.3. The molecule has 26 heavy (non-hydrogen) atoms. The SMILES string of the molecule is CC(=O)OC[C@H]1O[C@@H](c2c[nH]c(=O)[nH]c2=O)[C@@H](OC(C)=O)C1OC(C)=O. The summed E-state index contributed by atoms with van der Waals surface area (Å²) in [5.74, 6) is -1.97. The number of hydrogen-bond acceptors (Lipinski definition) is 9. The zero-order chi connectivity index (χ0) is 19.4. The average molecular weight is 370 g/mol. The summed E-state index contributed by atoms with van der Waals surface area (Å²) < 4.78 is 20.9. The topological polar surface area (TPSA) is 154 Å². The van der Waals surface area contributed by atoms with E-state index < -0.39 is 53.6 Å². The molecular formula is C15H18N2O9. The number of hydrogen-bond donors (Lipinski definition) is 2. The number of carbonyl (C=O) groups is 3. The van der Waals surface area contributed by atoms with Crippen molar-refractivity contribution in [1.29, 1.82) is 0 Å². The van der Waals surface area contributed by atoms with Crippen molar-refractivity contribution < 1.29 is 33.3 Å². The third-order valence-electron chi connectivity index (χ3n) is 3.52. The second-order valence-corrected chi connectivity index (χ2v) is 5.57. The van der Waals surface area contributed by atoms with Crippen molar-refractivity contribution >= 4 is 17.9 Å². The van der Waals surface area contributed by atoms with Crippen molar-refractivity contribution in [2.24, 2.45) is 0 Å². The van der Waals surface area contributed by atoms with Gasteiger partial charge < -0.3 is 23.9 Å². The summed E-state index contributed by atoms with van der Waals surface area (Å²) >= 11 is 0. The Balaban J connectivity index is 2.41. The van der Waals surface area contributed by atoms with E-state index in [2.05, 4.69) is 4.98 Å². The summed E-state index contributed by atoms with van der Waals surface area (Å²) in [4.78, 5) is 61.6. The monoisotopic (exact) mass is 370 g/mol. The molecule has 11 nitrogen and oxygen atoms in total. The number of esters is 3. The summed E-state index contributed by atoms with van der Waals surface area (Å²) in [7, 11) is 0. The Labute approximate surface area is 146 Å². The molecular weight excluding hydrogens is 352 g/mol. The van der Waals surface area contributed by atoms with Crippen LogP contribution in [0, 0.1) is 0 Å². The molecule has 0 bridgehead atoms. The van der Waals surface area contributed by atoms with Gasteiger partial charge in [0.2, 0.25) is 0 Å². The molecule has 0 aliphatic carbocycles. The zero-order valence-corrected chi connectivity index (χ0v) is 14.3. The van der Waals surface area contributed by atoms with Crippen molar-refractivity contribution in [2.75, 3.05) is 6.61 Å². The fourth-order valence-corrected chi connectivity index (χ4v) is 2.60. The van der Waals surface area contributed by atoms with E-state index in [9.17, 15) is 24.0 Å². The van der Waals surface area contributed by atoms with Crippen molar-refractivity contribution in [1.82, 2.24) is 9.97 Å². The number of ether oxygens (including phenoxy) is 4. The highest BCUT2D eigenvalue weighted by atomic mass is 16.6. The lowest BCUT2D eigenvalue weighted by atomic mass is 10.0. The predicted octanol–water partition coefficient (Wildman–Crippen LogP) is -1.07. The molecule has 2 rings (SSSR count). The van der Waals surface area contributed by atoms with Gasteiger partial charge in [0.15, 0.2) is 12.2 Å². The summed E-state index contributed by atoms with van der Waals surface area (Å²) in [6, 6.07) is 0. The van der Waals surface area contributed by atoms with Crippen molar-refractivity contribution in [2.45, 2.75) is 45.2 Å². The van der Waals surface area contributed by atoms with Gasteiger partial charge in [0, 0.05) is 27.0 Å². The van der Waals surface area contributed by atoms with Gasteiger partial charge in [-0.25, -0.2) is 4.79 Å². The number of nitrogens with one attached hydrogen (secondary N) is 2. The van der Waals surface area contributed by atoms with Gasteiger partial charge in [0.05, 0.1) is 5.56 Å². The van der Waals surface area contributed by atoms with Crippen LogP contribution in [-0.4, -0.2) is 52.8 Å². The van der Waals surface area contributed by atoms with E-state index in [1.54, 1.807) is 0 Å². The Morgan fingerprint density at radius 3 is 2.19 bits per heavy atom. The number of H-pyrrole nitrogens is 2. The lowest BCUT2D eigenvalue weighted by Gasteiger charge is -2.23. The molecule has 4 atom stereocenters. The maximum absolute atomic E-state index is 12.1. The van der Waals surface area contributed by atoms with E-state index in [0.29, 0.717) is 0 Å². The Bertz CT molecular complexity index is 812. The lowest BCUT2D eigenvalue weighted by molar-refractivity contribution is -0.165. The fraction of sp³-hybridized carbons (Fsp3) is 0.533.